The Morgan fingerprint density at radius 3 is 2.33 bits per heavy atom. The molecular weight excluding hydrogens is 334 g/mol. The zero-order valence-electron chi connectivity index (χ0n) is 7.59. The van der Waals surface area contributed by atoms with Gasteiger partial charge in [0.15, 0.2) is 0 Å². The van der Waals surface area contributed by atoms with Gasteiger partial charge in [-0.2, -0.15) is 0 Å². The van der Waals surface area contributed by atoms with E-state index < -0.39 is 13.0 Å². The van der Waals surface area contributed by atoms with E-state index in [1.807, 2.05) is 6.08 Å². The summed E-state index contributed by atoms with van der Waals surface area (Å²) in [4.78, 5) is 0. The molecule has 0 aromatic heterocycles. The first-order chi connectivity index (χ1) is 7.08. The lowest BCUT2D eigenvalue weighted by atomic mass is 10.2. The molecule has 82 valence electrons. The fourth-order valence-electron chi connectivity index (χ4n) is 0.945. The maximum Gasteiger partial charge on any atom is 0.272 e. The average Bonchev–Trinajstić information content (AvgIpc) is 2.16. The first-order valence-corrected chi connectivity index (χ1v) is 5.70. The molecule has 0 radical (unpaired) electrons. The molecule has 5 heteroatoms. The molecule has 0 N–H and O–H groups in total. The van der Waals surface area contributed by atoms with E-state index in [0.29, 0.717) is 5.75 Å². The predicted molar refractivity (Wildman–Crippen MR) is 63.8 cm³/mol. The highest BCUT2D eigenvalue weighted by molar-refractivity contribution is 9.28. The number of hydrogen-bond acceptors (Lipinski definition) is 1. The summed E-state index contributed by atoms with van der Waals surface area (Å²) in [6.45, 7) is -0.572. The van der Waals surface area contributed by atoms with E-state index in [0.717, 1.165) is 8.96 Å². The van der Waals surface area contributed by atoms with Crippen LogP contribution >= 0.6 is 31.9 Å². The normalized spacial score (nSPS) is 10.2. The van der Waals surface area contributed by atoms with Crippen molar-refractivity contribution in [2.24, 2.45) is 0 Å². The lowest BCUT2D eigenvalue weighted by molar-refractivity contribution is 0.0819. The van der Waals surface area contributed by atoms with Crippen LogP contribution in [0.2, 0.25) is 0 Å². The van der Waals surface area contributed by atoms with E-state index in [9.17, 15) is 8.78 Å². The number of ether oxygens (including phenoxy) is 1. The molecule has 1 aromatic carbocycles. The van der Waals surface area contributed by atoms with Gasteiger partial charge in [0.05, 0.1) is 3.39 Å². The maximum atomic E-state index is 11.8. The van der Waals surface area contributed by atoms with Gasteiger partial charge in [-0.15, -0.1) is 0 Å². The van der Waals surface area contributed by atoms with Gasteiger partial charge in [0, 0.05) is 0 Å². The van der Waals surface area contributed by atoms with Crippen molar-refractivity contribution in [3.05, 3.63) is 33.2 Å². The molecule has 0 saturated heterocycles. The summed E-state index contributed by atoms with van der Waals surface area (Å²) in [6, 6.07) is 6.86. The fourth-order valence-corrected chi connectivity index (χ4v) is 1.47. The summed E-state index contributed by atoms with van der Waals surface area (Å²) in [5.41, 5.74) is 0.947. The molecule has 0 aliphatic heterocycles. The van der Waals surface area contributed by atoms with Gasteiger partial charge in [0.2, 0.25) is 0 Å². The highest BCUT2D eigenvalue weighted by atomic mass is 79.9. The van der Waals surface area contributed by atoms with Gasteiger partial charge in [-0.05, 0) is 55.6 Å². The molecule has 0 amide bonds. The third kappa shape index (κ3) is 5.28. The minimum atomic E-state index is -2.44. The Morgan fingerprint density at radius 1 is 1.27 bits per heavy atom. The summed E-state index contributed by atoms with van der Waals surface area (Å²) < 4.78 is 29.3. The largest absolute Gasteiger partial charge is 0.488 e. The highest BCUT2D eigenvalue weighted by Crippen LogP contribution is 2.20. The molecule has 0 unspecified atom stereocenters. The van der Waals surface area contributed by atoms with Crippen LogP contribution in [-0.2, 0) is 0 Å². The smallest absolute Gasteiger partial charge is 0.272 e. The number of alkyl halides is 2. The van der Waals surface area contributed by atoms with Crippen LogP contribution in [0, 0.1) is 0 Å². The summed E-state index contributed by atoms with van der Waals surface area (Å²) in [7, 11) is 0. The molecule has 0 bridgehead atoms. The number of rotatable bonds is 4. The van der Waals surface area contributed by atoms with E-state index in [1.54, 1.807) is 24.3 Å². The van der Waals surface area contributed by atoms with E-state index in [-0.39, 0.29) is 0 Å². The van der Waals surface area contributed by atoms with Gasteiger partial charge in [-0.3, -0.25) is 0 Å². The van der Waals surface area contributed by atoms with Crippen molar-refractivity contribution in [3.8, 4) is 5.75 Å². The van der Waals surface area contributed by atoms with Crippen molar-refractivity contribution < 1.29 is 13.5 Å². The summed E-state index contributed by atoms with van der Waals surface area (Å²) >= 11 is 6.45. The molecule has 0 heterocycles. The third-order valence-corrected chi connectivity index (χ3v) is 1.99. The molecule has 0 spiro atoms. The third-order valence-electron chi connectivity index (χ3n) is 1.53. The molecule has 15 heavy (non-hydrogen) atoms. The lowest BCUT2D eigenvalue weighted by Gasteiger charge is -2.04. The van der Waals surface area contributed by atoms with Crippen LogP contribution < -0.4 is 4.74 Å². The minimum Gasteiger partial charge on any atom is -0.488 e. The Bertz CT molecular complexity index is 332. The van der Waals surface area contributed by atoms with Gasteiger partial charge >= 0.3 is 0 Å². The van der Waals surface area contributed by atoms with E-state index >= 15 is 0 Å². The molecule has 0 aliphatic rings. The van der Waals surface area contributed by atoms with Crippen molar-refractivity contribution in [3.63, 3.8) is 0 Å². The van der Waals surface area contributed by atoms with Crippen LogP contribution in [0.15, 0.2) is 27.7 Å². The Labute approximate surface area is 103 Å². The second-order valence-corrected chi connectivity index (χ2v) is 5.48. The van der Waals surface area contributed by atoms with E-state index in [1.165, 1.54) is 0 Å². The second kappa shape index (κ2) is 6.23. The van der Waals surface area contributed by atoms with Crippen molar-refractivity contribution in [1.82, 2.24) is 0 Å². The molecule has 0 atom stereocenters. The predicted octanol–water partition coefficient (Wildman–Crippen LogP) is 4.42. The number of benzene rings is 1. The van der Waals surface area contributed by atoms with Gasteiger partial charge < -0.3 is 4.74 Å². The molecule has 0 saturated carbocycles. The van der Waals surface area contributed by atoms with Crippen LogP contribution in [0.4, 0.5) is 8.78 Å². The quantitative estimate of drug-likeness (QED) is 0.787. The van der Waals surface area contributed by atoms with Crippen LogP contribution in [-0.4, -0.2) is 13.0 Å². The topological polar surface area (TPSA) is 9.23 Å². The zero-order valence-corrected chi connectivity index (χ0v) is 10.8. The highest BCUT2D eigenvalue weighted by Gasteiger charge is 2.02. The van der Waals surface area contributed by atoms with Crippen molar-refractivity contribution >= 4 is 37.9 Å². The molecule has 1 aromatic rings. The van der Waals surface area contributed by atoms with Crippen LogP contribution in [0.25, 0.3) is 6.08 Å². The van der Waals surface area contributed by atoms with Gasteiger partial charge in [-0.25, -0.2) is 8.78 Å². The number of halogens is 4. The Kier molecular flexibility index (Phi) is 5.25. The maximum absolute atomic E-state index is 11.8. The van der Waals surface area contributed by atoms with Crippen LogP contribution in [0.5, 0.6) is 5.75 Å². The zero-order chi connectivity index (χ0) is 11.3. The van der Waals surface area contributed by atoms with Crippen molar-refractivity contribution in [2.45, 2.75) is 6.43 Å². The molecule has 0 aliphatic carbocycles. The lowest BCUT2D eigenvalue weighted by Crippen LogP contribution is -2.06. The Morgan fingerprint density at radius 2 is 1.87 bits per heavy atom. The van der Waals surface area contributed by atoms with Gasteiger partial charge in [-0.1, -0.05) is 12.1 Å². The van der Waals surface area contributed by atoms with E-state index in [4.69, 9.17) is 4.74 Å². The summed E-state index contributed by atoms with van der Waals surface area (Å²) in [6.07, 6.45) is -0.599. The van der Waals surface area contributed by atoms with E-state index in [2.05, 4.69) is 31.9 Å². The van der Waals surface area contributed by atoms with Crippen LogP contribution in [0.3, 0.4) is 0 Å². The summed E-state index contributed by atoms with van der Waals surface area (Å²) in [5.74, 6) is 0.443. The Balaban J connectivity index is 2.60. The SMILES string of the molecule is FC(F)COc1ccc(C=C(Br)Br)cc1. The van der Waals surface area contributed by atoms with Crippen molar-refractivity contribution in [2.75, 3.05) is 6.61 Å². The van der Waals surface area contributed by atoms with Crippen molar-refractivity contribution in [1.29, 1.82) is 0 Å². The summed E-state index contributed by atoms with van der Waals surface area (Å²) in [5, 5.41) is 0. The molecule has 1 rings (SSSR count). The molecule has 1 nitrogen and oxygen atoms in total. The molecule has 0 fully saturated rings. The number of hydrogen-bond donors (Lipinski definition) is 0. The standard InChI is InChI=1S/C10H8Br2F2O/c11-9(12)5-7-1-3-8(4-2-7)15-6-10(13)14/h1-5,10H,6H2. The monoisotopic (exact) mass is 340 g/mol. The average molecular weight is 342 g/mol. The Hall–Kier alpha value is -0.420. The van der Waals surface area contributed by atoms with Crippen LogP contribution in [0.1, 0.15) is 5.56 Å². The first kappa shape index (κ1) is 12.6. The van der Waals surface area contributed by atoms with Gasteiger partial charge in [0.1, 0.15) is 12.4 Å². The first-order valence-electron chi connectivity index (χ1n) is 4.11. The minimum absolute atomic E-state index is 0.443. The molecular formula is C10H8Br2F2O. The second-order valence-electron chi connectivity index (χ2n) is 2.71. The van der Waals surface area contributed by atoms with Gasteiger partial charge in [0.25, 0.3) is 6.43 Å². The fraction of sp³-hybridized carbons (Fsp3) is 0.200.